The van der Waals surface area contributed by atoms with E-state index in [1.165, 1.54) is 0 Å². The minimum atomic E-state index is 0.237. The summed E-state index contributed by atoms with van der Waals surface area (Å²) in [4.78, 5) is 0. The van der Waals surface area contributed by atoms with Crippen LogP contribution in [-0.4, -0.2) is 89.2 Å². The van der Waals surface area contributed by atoms with Gasteiger partial charge in [-0.2, -0.15) is 0 Å². The second-order valence-corrected chi connectivity index (χ2v) is 10.2. The Hall–Kier alpha value is -1.70. The largest absolute Gasteiger partial charge is 0.507 e. The summed E-state index contributed by atoms with van der Waals surface area (Å²) in [5.41, 5.74) is 2.96. The molecule has 3 rings (SSSR count). The van der Waals surface area contributed by atoms with Crippen LogP contribution in [0.3, 0.4) is 0 Å². The number of benzene rings is 2. The fourth-order valence-corrected chi connectivity index (χ4v) is 4.61. The molecule has 40 heavy (non-hydrogen) atoms. The lowest BCUT2D eigenvalue weighted by Gasteiger charge is -2.14. The summed E-state index contributed by atoms with van der Waals surface area (Å²) in [5.74, 6) is 0.473. The molecule has 0 saturated carbocycles. The van der Waals surface area contributed by atoms with E-state index in [1.807, 2.05) is 0 Å². The van der Waals surface area contributed by atoms with Crippen LogP contribution in [0.15, 0.2) is 24.3 Å². The fraction of sp³-hybridized carbons (Fsp3) is 0.571. The quantitative estimate of drug-likeness (QED) is 0.269. The standard InChI is InChI=1S/C28H42Cl2N4O6/c29-25-13-21-17-31-1-5-37-9-10-38-6-2-33-19-23-15-26(30)16-24(28(23)36)20-34-4-8-40-12-11-39-7-3-32-18-22(14-25)27(21)35/h13-16,31-36H,1-12,17-20H2. The lowest BCUT2D eigenvalue weighted by molar-refractivity contribution is 0.0497. The summed E-state index contributed by atoms with van der Waals surface area (Å²) in [7, 11) is 0. The molecule has 2 aromatic rings. The van der Waals surface area contributed by atoms with Gasteiger partial charge in [-0.3, -0.25) is 0 Å². The summed E-state index contributed by atoms with van der Waals surface area (Å²) in [6.07, 6.45) is 0. The molecule has 0 radical (unpaired) electrons. The molecule has 0 unspecified atom stereocenters. The highest BCUT2D eigenvalue weighted by Gasteiger charge is 2.11. The predicted molar refractivity (Wildman–Crippen MR) is 156 cm³/mol. The van der Waals surface area contributed by atoms with Gasteiger partial charge in [-0.1, -0.05) is 23.2 Å². The number of hydrogen-bond donors (Lipinski definition) is 6. The van der Waals surface area contributed by atoms with E-state index in [-0.39, 0.29) is 11.5 Å². The zero-order valence-electron chi connectivity index (χ0n) is 22.9. The van der Waals surface area contributed by atoms with Crippen LogP contribution >= 0.6 is 23.2 Å². The van der Waals surface area contributed by atoms with Crippen LogP contribution < -0.4 is 21.3 Å². The minimum absolute atomic E-state index is 0.237. The first-order valence-electron chi connectivity index (χ1n) is 13.7. The van der Waals surface area contributed by atoms with Crippen molar-refractivity contribution in [3.63, 3.8) is 0 Å². The smallest absolute Gasteiger partial charge is 0.124 e. The highest BCUT2D eigenvalue weighted by Crippen LogP contribution is 2.28. The number of ether oxygens (including phenoxy) is 4. The van der Waals surface area contributed by atoms with Crippen LogP contribution in [0, 0.1) is 0 Å². The topological polar surface area (TPSA) is 126 Å². The summed E-state index contributed by atoms with van der Waals surface area (Å²) >= 11 is 12.6. The van der Waals surface area contributed by atoms with E-state index in [0.717, 1.165) is 22.3 Å². The van der Waals surface area contributed by atoms with Crippen molar-refractivity contribution in [1.29, 1.82) is 0 Å². The van der Waals surface area contributed by atoms with Gasteiger partial charge in [0.1, 0.15) is 11.5 Å². The van der Waals surface area contributed by atoms with Gasteiger partial charge in [-0.25, -0.2) is 0 Å². The van der Waals surface area contributed by atoms with Crippen molar-refractivity contribution in [2.45, 2.75) is 26.2 Å². The second-order valence-electron chi connectivity index (χ2n) is 9.30. The molecule has 0 spiro atoms. The first kappa shape index (κ1) is 32.8. The Labute approximate surface area is 246 Å². The molecule has 0 aromatic heterocycles. The average molecular weight is 602 g/mol. The molecule has 2 aromatic carbocycles. The van der Waals surface area contributed by atoms with Gasteiger partial charge in [0.05, 0.1) is 52.9 Å². The first-order chi connectivity index (χ1) is 19.5. The van der Waals surface area contributed by atoms with Gasteiger partial charge in [0.25, 0.3) is 0 Å². The number of halogens is 2. The summed E-state index contributed by atoms with van der Waals surface area (Å²) < 4.78 is 22.5. The third kappa shape index (κ3) is 12.4. The van der Waals surface area contributed by atoms with Gasteiger partial charge in [0.2, 0.25) is 0 Å². The minimum Gasteiger partial charge on any atom is -0.507 e. The summed E-state index contributed by atoms with van der Waals surface area (Å²) in [6, 6.07) is 7.07. The third-order valence-corrected chi connectivity index (χ3v) is 6.60. The molecule has 6 N–H and O–H groups in total. The molecule has 0 amide bonds. The van der Waals surface area contributed by atoms with Crippen LogP contribution in [0.1, 0.15) is 22.3 Å². The lowest BCUT2D eigenvalue weighted by Crippen LogP contribution is -2.23. The van der Waals surface area contributed by atoms with Gasteiger partial charge in [-0.05, 0) is 24.3 Å². The van der Waals surface area contributed by atoms with E-state index >= 15 is 0 Å². The molecule has 0 fully saturated rings. The zero-order valence-corrected chi connectivity index (χ0v) is 24.4. The first-order valence-corrected chi connectivity index (χ1v) is 14.4. The van der Waals surface area contributed by atoms with Crippen molar-refractivity contribution in [2.75, 3.05) is 79.0 Å². The van der Waals surface area contributed by atoms with Gasteiger partial charge in [0, 0.05) is 84.7 Å². The van der Waals surface area contributed by atoms with Gasteiger partial charge >= 0.3 is 0 Å². The molecule has 224 valence electrons. The zero-order chi connectivity index (χ0) is 28.4. The Balaban J connectivity index is 1.46. The molecular formula is C28H42Cl2N4O6. The molecule has 12 heteroatoms. The van der Waals surface area contributed by atoms with Crippen molar-refractivity contribution in [3.05, 3.63) is 56.6 Å². The Kier molecular flexibility index (Phi) is 15.9. The maximum absolute atomic E-state index is 10.7. The van der Waals surface area contributed by atoms with Gasteiger partial charge in [-0.15, -0.1) is 0 Å². The fourth-order valence-electron chi connectivity index (χ4n) is 4.09. The number of aromatic hydroxyl groups is 2. The van der Waals surface area contributed by atoms with Crippen LogP contribution in [0.4, 0.5) is 0 Å². The van der Waals surface area contributed by atoms with E-state index in [2.05, 4.69) is 21.3 Å². The molecule has 1 heterocycles. The molecular weight excluding hydrogens is 559 g/mol. The van der Waals surface area contributed by atoms with Crippen LogP contribution in [0.25, 0.3) is 0 Å². The number of phenols is 2. The monoisotopic (exact) mass is 600 g/mol. The van der Waals surface area contributed by atoms with Crippen molar-refractivity contribution >= 4 is 23.2 Å². The second kappa shape index (κ2) is 19.4. The van der Waals surface area contributed by atoms with Crippen molar-refractivity contribution < 1.29 is 29.2 Å². The molecule has 10 nitrogen and oxygen atoms in total. The maximum atomic E-state index is 10.7. The summed E-state index contributed by atoms with van der Waals surface area (Å²) in [5, 5.41) is 35.6. The third-order valence-electron chi connectivity index (χ3n) is 6.16. The number of hydrogen-bond acceptors (Lipinski definition) is 10. The number of phenolic OH excluding ortho intramolecular Hbond substituents is 2. The molecule has 1 aliphatic rings. The Morgan fingerprint density at radius 3 is 0.950 bits per heavy atom. The van der Waals surface area contributed by atoms with Crippen LogP contribution in [0.5, 0.6) is 11.5 Å². The van der Waals surface area contributed by atoms with Gasteiger partial charge in [0.15, 0.2) is 0 Å². The predicted octanol–water partition coefficient (Wildman–Crippen LogP) is 2.54. The molecule has 0 saturated heterocycles. The molecule has 0 aliphatic carbocycles. The molecule has 4 bridgehead atoms. The Morgan fingerprint density at radius 2 is 0.700 bits per heavy atom. The highest BCUT2D eigenvalue weighted by atomic mass is 35.5. The highest BCUT2D eigenvalue weighted by molar-refractivity contribution is 6.31. The van der Waals surface area contributed by atoms with E-state index < -0.39 is 0 Å². The number of rotatable bonds is 0. The normalized spacial score (nSPS) is 19.1. The number of nitrogens with one attached hydrogen (secondary N) is 4. The van der Waals surface area contributed by atoms with E-state index in [0.29, 0.717) is 115 Å². The van der Waals surface area contributed by atoms with Crippen molar-refractivity contribution in [2.24, 2.45) is 0 Å². The van der Waals surface area contributed by atoms with E-state index in [1.54, 1.807) is 24.3 Å². The number of fused-ring (bicyclic) bond motifs is 4. The van der Waals surface area contributed by atoms with Gasteiger partial charge < -0.3 is 50.4 Å². The van der Waals surface area contributed by atoms with E-state index in [4.69, 9.17) is 42.1 Å². The average Bonchev–Trinajstić information content (AvgIpc) is 2.93. The van der Waals surface area contributed by atoms with E-state index in [9.17, 15) is 10.2 Å². The molecule has 0 atom stereocenters. The Morgan fingerprint density at radius 1 is 0.450 bits per heavy atom. The van der Waals surface area contributed by atoms with Crippen LogP contribution in [-0.2, 0) is 45.1 Å². The van der Waals surface area contributed by atoms with Crippen molar-refractivity contribution in [1.82, 2.24) is 21.3 Å². The Bertz CT molecular complexity index is 867. The summed E-state index contributed by atoms with van der Waals surface area (Å²) in [6.45, 7) is 8.46. The van der Waals surface area contributed by atoms with Crippen molar-refractivity contribution in [3.8, 4) is 11.5 Å². The maximum Gasteiger partial charge on any atom is 0.124 e. The van der Waals surface area contributed by atoms with Crippen LogP contribution in [0.2, 0.25) is 10.0 Å². The lowest BCUT2D eigenvalue weighted by atomic mass is 10.1. The SMILES string of the molecule is Oc1c2cc(Cl)cc1CNCCOCCOCCNCc1cc(Cl)cc(c1O)CNCCOCCOCCNC2. The molecule has 1 aliphatic heterocycles.